The zero-order valence-corrected chi connectivity index (χ0v) is 15.2. The Bertz CT molecular complexity index is 1050. The van der Waals surface area contributed by atoms with Gasteiger partial charge in [0.1, 0.15) is 5.76 Å². The lowest BCUT2D eigenvalue weighted by molar-refractivity contribution is -0.133. The Morgan fingerprint density at radius 2 is 1.89 bits per heavy atom. The molecule has 2 N–H and O–H groups in total. The third-order valence-corrected chi connectivity index (χ3v) is 4.92. The Morgan fingerprint density at radius 3 is 2.63 bits per heavy atom. The van der Waals surface area contributed by atoms with Crippen LogP contribution in [0.15, 0.2) is 59.0 Å². The predicted molar refractivity (Wildman–Crippen MR) is 102 cm³/mol. The number of ketones is 1. The number of aliphatic hydroxyl groups is 1. The zero-order chi connectivity index (χ0) is 19.2. The van der Waals surface area contributed by atoms with Crippen molar-refractivity contribution in [1.82, 2.24) is 0 Å². The number of hydrogen-bond donors (Lipinski definition) is 2. The molecule has 0 saturated carbocycles. The highest BCUT2D eigenvalue weighted by Gasteiger charge is 2.47. The van der Waals surface area contributed by atoms with Crippen LogP contribution in [0, 0.1) is 6.92 Å². The number of furan rings is 1. The van der Waals surface area contributed by atoms with E-state index < -0.39 is 23.7 Å². The summed E-state index contributed by atoms with van der Waals surface area (Å²) in [7, 11) is 0. The first-order chi connectivity index (χ1) is 12.9. The van der Waals surface area contributed by atoms with E-state index >= 15 is 0 Å². The van der Waals surface area contributed by atoms with Gasteiger partial charge in [-0.2, -0.15) is 0 Å². The van der Waals surface area contributed by atoms with Crippen LogP contribution in [0.2, 0.25) is 5.02 Å². The summed E-state index contributed by atoms with van der Waals surface area (Å²) in [5.41, 5.74) is 0.675. The van der Waals surface area contributed by atoms with E-state index in [2.05, 4.69) is 5.32 Å². The van der Waals surface area contributed by atoms with Crippen molar-refractivity contribution in [1.29, 1.82) is 0 Å². The first-order valence-corrected chi connectivity index (χ1v) is 8.78. The van der Waals surface area contributed by atoms with Crippen molar-refractivity contribution in [3.63, 3.8) is 0 Å². The van der Waals surface area contributed by atoms with Gasteiger partial charge >= 0.3 is 0 Å². The third-order valence-electron chi connectivity index (χ3n) is 4.67. The second-order valence-electron chi connectivity index (χ2n) is 6.63. The van der Waals surface area contributed by atoms with Gasteiger partial charge < -0.3 is 14.8 Å². The van der Waals surface area contributed by atoms with Crippen molar-refractivity contribution in [2.24, 2.45) is 0 Å². The molecule has 2 heterocycles. The van der Waals surface area contributed by atoms with Gasteiger partial charge in [0.25, 0.3) is 5.91 Å². The second-order valence-corrected chi connectivity index (χ2v) is 7.07. The molecule has 136 valence electrons. The summed E-state index contributed by atoms with van der Waals surface area (Å²) in [5, 5.41) is 14.2. The molecule has 0 saturated heterocycles. The quantitative estimate of drug-likeness (QED) is 0.659. The second kappa shape index (κ2) is 6.37. The molecule has 4 rings (SSSR count). The van der Waals surface area contributed by atoms with Gasteiger partial charge in [0.15, 0.2) is 11.4 Å². The smallest absolute Gasteiger partial charge is 0.261 e. The normalized spacial score (nSPS) is 18.3. The maximum absolute atomic E-state index is 12.7. The summed E-state index contributed by atoms with van der Waals surface area (Å²) in [6, 6.07) is 15.5. The van der Waals surface area contributed by atoms with Gasteiger partial charge in [-0.25, -0.2) is 0 Å². The summed E-state index contributed by atoms with van der Waals surface area (Å²) in [6.07, 6.45) is -0.400. The maximum Gasteiger partial charge on any atom is 0.261 e. The van der Waals surface area contributed by atoms with Crippen molar-refractivity contribution >= 4 is 29.0 Å². The van der Waals surface area contributed by atoms with Gasteiger partial charge in [0.05, 0.1) is 6.42 Å². The van der Waals surface area contributed by atoms with Gasteiger partial charge in [0.2, 0.25) is 5.78 Å². The van der Waals surface area contributed by atoms with Crippen LogP contribution in [0.25, 0.3) is 11.3 Å². The van der Waals surface area contributed by atoms with Crippen molar-refractivity contribution in [2.75, 3.05) is 5.32 Å². The molecule has 0 spiro atoms. The molecule has 5 nitrogen and oxygen atoms in total. The fraction of sp³-hybridized carbons (Fsp3) is 0.143. The SMILES string of the molecule is Cc1ccc2c(c1)[C@](O)(CC(=O)c1ccc(-c3ccc(Cl)cc3)o1)C(=O)N2. The molecule has 1 atom stereocenters. The van der Waals surface area contributed by atoms with E-state index in [1.807, 2.05) is 13.0 Å². The molecule has 6 heteroatoms. The van der Waals surface area contributed by atoms with E-state index in [1.165, 1.54) is 0 Å². The Morgan fingerprint density at radius 1 is 1.15 bits per heavy atom. The number of nitrogens with one attached hydrogen (secondary N) is 1. The Kier molecular flexibility index (Phi) is 4.13. The van der Waals surface area contributed by atoms with Crippen LogP contribution < -0.4 is 5.32 Å². The lowest BCUT2D eigenvalue weighted by Crippen LogP contribution is -2.36. The van der Waals surface area contributed by atoms with E-state index in [4.69, 9.17) is 16.0 Å². The van der Waals surface area contributed by atoms with Crippen molar-refractivity contribution in [3.05, 3.63) is 76.5 Å². The number of fused-ring (bicyclic) bond motifs is 1. The van der Waals surface area contributed by atoms with Gasteiger partial charge in [-0.3, -0.25) is 9.59 Å². The van der Waals surface area contributed by atoms with Gasteiger partial charge in [0, 0.05) is 21.8 Å². The molecule has 27 heavy (non-hydrogen) atoms. The van der Waals surface area contributed by atoms with Crippen LogP contribution in [-0.2, 0) is 10.4 Å². The fourth-order valence-corrected chi connectivity index (χ4v) is 3.34. The van der Waals surface area contributed by atoms with Crippen LogP contribution in [-0.4, -0.2) is 16.8 Å². The third kappa shape index (κ3) is 3.05. The number of rotatable bonds is 4. The molecule has 0 radical (unpaired) electrons. The Balaban J connectivity index is 1.61. The molecule has 1 aliphatic rings. The highest BCUT2D eigenvalue weighted by Crippen LogP contribution is 2.39. The van der Waals surface area contributed by atoms with E-state index in [1.54, 1.807) is 48.5 Å². The molecule has 0 bridgehead atoms. The lowest BCUT2D eigenvalue weighted by atomic mass is 9.88. The summed E-state index contributed by atoms with van der Waals surface area (Å²) in [4.78, 5) is 25.0. The monoisotopic (exact) mass is 381 g/mol. The van der Waals surface area contributed by atoms with Crippen molar-refractivity contribution in [3.8, 4) is 11.3 Å². The number of anilines is 1. The first kappa shape index (κ1) is 17.5. The average Bonchev–Trinajstić information content (AvgIpc) is 3.21. The van der Waals surface area contributed by atoms with Crippen LogP contribution >= 0.6 is 11.6 Å². The summed E-state index contributed by atoms with van der Waals surface area (Å²) < 4.78 is 5.64. The van der Waals surface area contributed by atoms with E-state index in [9.17, 15) is 14.7 Å². The fourth-order valence-electron chi connectivity index (χ4n) is 3.21. The molecular weight excluding hydrogens is 366 g/mol. The minimum atomic E-state index is -1.91. The Labute approximate surface area is 160 Å². The minimum Gasteiger partial charge on any atom is -0.453 e. The van der Waals surface area contributed by atoms with Crippen LogP contribution in [0.3, 0.4) is 0 Å². The molecule has 3 aromatic rings. The number of hydrogen-bond acceptors (Lipinski definition) is 4. The number of halogens is 1. The summed E-state index contributed by atoms with van der Waals surface area (Å²) in [5.74, 6) is -0.473. The minimum absolute atomic E-state index is 0.0854. The molecule has 1 amide bonds. The highest BCUT2D eigenvalue weighted by atomic mass is 35.5. The average molecular weight is 382 g/mol. The molecule has 1 aliphatic heterocycles. The molecule has 0 fully saturated rings. The largest absolute Gasteiger partial charge is 0.453 e. The van der Waals surface area contributed by atoms with Crippen LogP contribution in [0.1, 0.15) is 28.1 Å². The number of amides is 1. The molecule has 0 aliphatic carbocycles. The van der Waals surface area contributed by atoms with E-state index in [0.29, 0.717) is 22.0 Å². The Hall–Kier alpha value is -2.89. The molecule has 2 aromatic carbocycles. The van der Waals surface area contributed by atoms with Crippen LogP contribution in [0.4, 0.5) is 5.69 Å². The van der Waals surface area contributed by atoms with E-state index in [0.717, 1.165) is 11.1 Å². The number of benzene rings is 2. The van der Waals surface area contributed by atoms with Gasteiger partial charge in [-0.15, -0.1) is 0 Å². The first-order valence-electron chi connectivity index (χ1n) is 8.41. The number of Topliss-reactive ketones (excluding diaryl/α,β-unsaturated/α-hetero) is 1. The summed E-state index contributed by atoms with van der Waals surface area (Å²) >= 11 is 5.88. The molecule has 1 aromatic heterocycles. The maximum atomic E-state index is 12.7. The van der Waals surface area contributed by atoms with E-state index in [-0.39, 0.29) is 5.76 Å². The van der Waals surface area contributed by atoms with Crippen molar-refractivity contribution in [2.45, 2.75) is 18.9 Å². The number of carbonyl (C=O) groups excluding carboxylic acids is 2. The lowest BCUT2D eigenvalue weighted by Gasteiger charge is -2.19. The highest BCUT2D eigenvalue weighted by molar-refractivity contribution is 6.30. The number of carbonyl (C=O) groups is 2. The predicted octanol–water partition coefficient (Wildman–Crippen LogP) is 4.32. The summed E-state index contributed by atoms with van der Waals surface area (Å²) in [6.45, 7) is 1.86. The van der Waals surface area contributed by atoms with Crippen LogP contribution in [0.5, 0.6) is 0 Å². The van der Waals surface area contributed by atoms with Gasteiger partial charge in [-0.05, 0) is 49.4 Å². The molecular formula is C21H16ClNO4. The van der Waals surface area contributed by atoms with Gasteiger partial charge in [-0.1, -0.05) is 29.3 Å². The topological polar surface area (TPSA) is 79.5 Å². The standard InChI is InChI=1S/C21H16ClNO4/c1-12-2-7-16-15(10-12)21(26,20(25)23-16)11-17(24)19-9-8-18(27-19)13-3-5-14(22)6-4-13/h2-10,26H,11H2,1H3,(H,23,25)/t21-/m1/s1. The van der Waals surface area contributed by atoms with Crippen molar-refractivity contribution < 1.29 is 19.1 Å². The zero-order valence-electron chi connectivity index (χ0n) is 14.5. The number of aryl methyl sites for hydroxylation is 1. The molecule has 0 unspecified atom stereocenters.